The van der Waals surface area contributed by atoms with Gasteiger partial charge in [0.1, 0.15) is 16.8 Å². The number of halogens is 4. The number of ether oxygens (including phenoxy) is 1. The van der Waals surface area contributed by atoms with Crippen LogP contribution in [0.25, 0.3) is 11.1 Å². The summed E-state index contributed by atoms with van der Waals surface area (Å²) in [5.74, 6) is -0.227. The molecule has 3 aromatic rings. The second kappa shape index (κ2) is 8.47. The van der Waals surface area contributed by atoms with Crippen LogP contribution in [0.4, 0.5) is 18.9 Å². The van der Waals surface area contributed by atoms with Gasteiger partial charge in [-0.15, -0.1) is 0 Å². The van der Waals surface area contributed by atoms with Crippen molar-refractivity contribution in [2.24, 2.45) is 0 Å². The van der Waals surface area contributed by atoms with Crippen molar-refractivity contribution >= 4 is 30.6 Å². The molecule has 30 heavy (non-hydrogen) atoms. The van der Waals surface area contributed by atoms with Gasteiger partial charge < -0.3 is 9.63 Å². The fourth-order valence-electron chi connectivity index (χ4n) is 2.70. The summed E-state index contributed by atoms with van der Waals surface area (Å²) in [6.07, 6.45) is -4.60. The minimum absolute atomic E-state index is 0.0733. The number of hydrogen-bond acceptors (Lipinski definition) is 4. The number of nitro groups is 1. The second-order valence-electron chi connectivity index (χ2n) is 6.04. The van der Waals surface area contributed by atoms with Crippen LogP contribution in [0.15, 0.2) is 60.7 Å². The Morgan fingerprint density at radius 2 is 1.70 bits per heavy atom. The molecule has 1 N–H and O–H groups in total. The zero-order chi connectivity index (χ0) is 22.1. The Labute approximate surface area is 173 Å². The van der Waals surface area contributed by atoms with E-state index in [1.165, 1.54) is 0 Å². The largest absolute Gasteiger partial charge is 0.455 e. The molecule has 0 amide bonds. The van der Waals surface area contributed by atoms with Gasteiger partial charge in [-0.2, -0.15) is 13.2 Å². The van der Waals surface area contributed by atoms with Crippen LogP contribution >= 0.6 is 19.6 Å². The van der Waals surface area contributed by atoms with Crippen molar-refractivity contribution in [1.82, 2.24) is 0 Å². The normalized spacial score (nSPS) is 12.4. The first-order valence-electron chi connectivity index (χ1n) is 8.23. The van der Waals surface area contributed by atoms with Gasteiger partial charge in [0.15, 0.2) is 0 Å². The smallest absolute Gasteiger partial charge is 0.416 e. The van der Waals surface area contributed by atoms with Crippen molar-refractivity contribution in [2.75, 3.05) is 0 Å². The monoisotopic (exact) mass is 457 g/mol. The lowest BCUT2D eigenvalue weighted by Gasteiger charge is -2.15. The molecule has 0 radical (unpaired) electrons. The van der Waals surface area contributed by atoms with Gasteiger partial charge in [0.2, 0.25) is 8.03 Å². The molecule has 0 aliphatic carbocycles. The molecule has 0 aliphatic heterocycles. The van der Waals surface area contributed by atoms with Gasteiger partial charge in [-0.25, -0.2) is 0 Å². The highest BCUT2D eigenvalue weighted by molar-refractivity contribution is 7.47. The van der Waals surface area contributed by atoms with E-state index in [0.29, 0.717) is 11.6 Å². The predicted molar refractivity (Wildman–Crippen MR) is 106 cm³/mol. The number of alkyl halides is 3. The lowest BCUT2D eigenvalue weighted by Crippen LogP contribution is -2.07. The number of hydrogen-bond donors (Lipinski definition) is 1. The summed E-state index contributed by atoms with van der Waals surface area (Å²) in [6, 6.07) is 12.9. The van der Waals surface area contributed by atoms with Crippen molar-refractivity contribution < 1.29 is 32.3 Å². The Kier molecular flexibility index (Phi) is 6.17. The van der Waals surface area contributed by atoms with E-state index >= 15 is 0 Å². The van der Waals surface area contributed by atoms with Crippen LogP contribution < -0.4 is 10.0 Å². The second-order valence-corrected chi connectivity index (χ2v) is 7.60. The molecule has 156 valence electrons. The number of nitrogens with zero attached hydrogens (tertiary/aromatic N) is 1. The van der Waals surface area contributed by atoms with Crippen LogP contribution in [0.2, 0.25) is 5.02 Å². The molecule has 3 rings (SSSR count). The van der Waals surface area contributed by atoms with Gasteiger partial charge in [-0.3, -0.25) is 14.7 Å². The first-order valence-corrected chi connectivity index (χ1v) is 9.97. The van der Waals surface area contributed by atoms with Crippen molar-refractivity contribution in [3.63, 3.8) is 0 Å². The van der Waals surface area contributed by atoms with E-state index in [1.807, 2.05) is 0 Å². The summed E-state index contributed by atoms with van der Waals surface area (Å²) in [6.45, 7) is 0. The van der Waals surface area contributed by atoms with Crippen LogP contribution in [0.3, 0.4) is 0 Å². The maximum absolute atomic E-state index is 12.9. The van der Waals surface area contributed by atoms with Crippen molar-refractivity contribution in [1.29, 1.82) is 0 Å². The lowest BCUT2D eigenvalue weighted by molar-refractivity contribution is -0.383. The van der Waals surface area contributed by atoms with Gasteiger partial charge in [0, 0.05) is 17.7 Å². The summed E-state index contributed by atoms with van der Waals surface area (Å²) >= 11 is 5.93. The molecule has 0 saturated heterocycles. The number of rotatable bonds is 5. The van der Waals surface area contributed by atoms with Gasteiger partial charge >= 0.3 is 6.18 Å². The Morgan fingerprint density at radius 3 is 2.23 bits per heavy atom. The molecule has 1 unspecified atom stereocenters. The SMILES string of the molecule is O=[N+]([O-])c1cc(-c2ccccc2)c(Oc2ccc(C(F)(F)F)cc2Cl)cc1[PH](=O)O. The van der Waals surface area contributed by atoms with Crippen LogP contribution in [-0.2, 0) is 10.7 Å². The van der Waals surface area contributed by atoms with Crippen molar-refractivity contribution in [3.05, 3.63) is 81.4 Å². The highest BCUT2D eigenvalue weighted by Gasteiger charge is 2.31. The quantitative estimate of drug-likeness (QED) is 0.296. The molecule has 3 aromatic carbocycles. The molecule has 0 aromatic heterocycles. The van der Waals surface area contributed by atoms with Gasteiger partial charge in [-0.1, -0.05) is 41.9 Å². The first kappa shape index (κ1) is 21.8. The molecule has 0 saturated carbocycles. The number of benzene rings is 3. The molecule has 6 nitrogen and oxygen atoms in total. The lowest BCUT2D eigenvalue weighted by atomic mass is 10.0. The standard InChI is InChI=1S/C19H12ClF3NO5P/c20-14-8-12(19(21,22)23)6-7-16(14)29-17-10-18(30(27)28)15(24(25)26)9-13(17)11-4-2-1-3-5-11/h1-10,30H,(H,27,28). The molecule has 1 atom stereocenters. The minimum atomic E-state index is -4.60. The van der Waals surface area contributed by atoms with Gasteiger partial charge in [0.05, 0.1) is 15.5 Å². The van der Waals surface area contributed by atoms with E-state index in [2.05, 4.69) is 0 Å². The number of nitro benzene ring substituents is 1. The van der Waals surface area contributed by atoms with Crippen molar-refractivity contribution in [2.45, 2.75) is 6.18 Å². The Bertz CT molecular complexity index is 1140. The van der Waals surface area contributed by atoms with E-state index in [1.54, 1.807) is 30.3 Å². The molecule has 0 fully saturated rings. The predicted octanol–water partition coefficient (Wildman–Crippen LogP) is 5.82. The summed E-state index contributed by atoms with van der Waals surface area (Å²) in [5.41, 5.74) is -0.868. The topological polar surface area (TPSA) is 89.7 Å². The van der Waals surface area contributed by atoms with Gasteiger partial charge in [-0.05, 0) is 23.8 Å². The van der Waals surface area contributed by atoms with E-state index in [0.717, 1.165) is 24.3 Å². The van der Waals surface area contributed by atoms with E-state index < -0.39 is 35.7 Å². The molecule has 0 bridgehead atoms. The molecular weight excluding hydrogens is 446 g/mol. The minimum Gasteiger partial charge on any atom is -0.455 e. The molecule has 0 heterocycles. The third-order valence-electron chi connectivity index (χ3n) is 4.09. The van der Waals surface area contributed by atoms with E-state index in [-0.39, 0.29) is 22.1 Å². The Morgan fingerprint density at radius 1 is 1.03 bits per heavy atom. The van der Waals surface area contributed by atoms with Crippen molar-refractivity contribution in [3.8, 4) is 22.6 Å². The van der Waals surface area contributed by atoms with E-state index in [4.69, 9.17) is 16.3 Å². The van der Waals surface area contributed by atoms with E-state index in [9.17, 15) is 32.7 Å². The maximum Gasteiger partial charge on any atom is 0.416 e. The average molecular weight is 458 g/mol. The third kappa shape index (κ3) is 4.64. The van der Waals surface area contributed by atoms with Crippen LogP contribution in [0.5, 0.6) is 11.5 Å². The maximum atomic E-state index is 12.9. The first-order chi connectivity index (χ1) is 14.1. The summed E-state index contributed by atoms with van der Waals surface area (Å²) in [5, 5.41) is 10.6. The molecule has 0 aliphatic rings. The van der Waals surface area contributed by atoms with Gasteiger partial charge in [0.25, 0.3) is 5.69 Å². The third-order valence-corrected chi connectivity index (χ3v) is 5.25. The zero-order valence-electron chi connectivity index (χ0n) is 14.8. The Balaban J connectivity index is 2.17. The average Bonchev–Trinajstić information content (AvgIpc) is 2.68. The van der Waals surface area contributed by atoms with Crippen LogP contribution in [-0.4, -0.2) is 9.82 Å². The fraction of sp³-hybridized carbons (Fsp3) is 0.0526. The molecule has 11 heteroatoms. The molecular formula is C19H12ClF3NO5P. The van der Waals surface area contributed by atoms with Crippen LogP contribution in [0, 0.1) is 10.1 Å². The molecule has 0 spiro atoms. The van der Waals surface area contributed by atoms with Crippen LogP contribution in [0.1, 0.15) is 5.56 Å². The Hall–Kier alpha value is -2.87. The highest BCUT2D eigenvalue weighted by atomic mass is 35.5. The summed E-state index contributed by atoms with van der Waals surface area (Å²) in [7, 11) is -3.49. The fourth-order valence-corrected chi connectivity index (χ4v) is 3.55. The summed E-state index contributed by atoms with van der Waals surface area (Å²) in [4.78, 5) is 20.1. The highest BCUT2D eigenvalue weighted by Crippen LogP contribution is 2.41. The summed E-state index contributed by atoms with van der Waals surface area (Å²) < 4.78 is 55.9. The zero-order valence-corrected chi connectivity index (χ0v) is 16.6.